The Hall–Kier alpha value is -1.49. The van der Waals surface area contributed by atoms with Crippen LogP contribution in [0.2, 0.25) is 0 Å². The molecular weight excluding hydrogens is 202 g/mol. The normalized spacial score (nSPS) is 12.7. The molecule has 0 aliphatic carbocycles. The Morgan fingerprint density at radius 1 is 1.50 bits per heavy atom. The van der Waals surface area contributed by atoms with Crippen LogP contribution in [0.1, 0.15) is 18.1 Å². The number of H-pyrrole nitrogens is 1. The van der Waals surface area contributed by atoms with Gasteiger partial charge in [0.05, 0.1) is 5.38 Å². The Morgan fingerprint density at radius 2 is 2.36 bits per heavy atom. The summed E-state index contributed by atoms with van der Waals surface area (Å²) in [5, 5.41) is 6.56. The van der Waals surface area contributed by atoms with E-state index < -0.39 is 0 Å². The lowest BCUT2D eigenvalue weighted by Gasteiger charge is -1.93. The summed E-state index contributed by atoms with van der Waals surface area (Å²) in [6, 6.07) is 1.74. The highest BCUT2D eigenvalue weighted by atomic mass is 35.5. The first-order valence-electron chi connectivity index (χ1n) is 4.10. The number of aromatic amines is 1. The fraction of sp³-hybridized carbons (Fsp3) is 0.250. The number of hydrogen-bond donors (Lipinski definition) is 1. The maximum Gasteiger partial charge on any atom is 0.199 e. The van der Waals surface area contributed by atoms with E-state index >= 15 is 0 Å². The summed E-state index contributed by atoms with van der Waals surface area (Å²) in [4.78, 5) is 12.0. The van der Waals surface area contributed by atoms with E-state index in [-0.39, 0.29) is 5.38 Å². The van der Waals surface area contributed by atoms with Gasteiger partial charge >= 0.3 is 0 Å². The molecule has 0 saturated heterocycles. The summed E-state index contributed by atoms with van der Waals surface area (Å²) in [7, 11) is 0. The van der Waals surface area contributed by atoms with Crippen LogP contribution in [0.15, 0.2) is 18.6 Å². The molecular formula is C8H8ClN5. The van der Waals surface area contributed by atoms with E-state index in [1.807, 2.05) is 6.92 Å². The maximum absolute atomic E-state index is 5.84. The van der Waals surface area contributed by atoms with Crippen LogP contribution in [0.5, 0.6) is 0 Å². The minimum atomic E-state index is -0.182. The largest absolute Gasteiger partial charge is 0.261 e. The predicted molar refractivity (Wildman–Crippen MR) is 51.7 cm³/mol. The summed E-state index contributed by atoms with van der Waals surface area (Å²) in [6.07, 6.45) is 3.10. The summed E-state index contributed by atoms with van der Waals surface area (Å²) < 4.78 is 0. The number of hydrogen-bond acceptors (Lipinski definition) is 4. The van der Waals surface area contributed by atoms with Crippen molar-refractivity contribution in [3.63, 3.8) is 0 Å². The van der Waals surface area contributed by atoms with Crippen molar-refractivity contribution in [2.24, 2.45) is 0 Å². The van der Waals surface area contributed by atoms with Crippen LogP contribution in [0.25, 0.3) is 11.5 Å². The van der Waals surface area contributed by atoms with Crippen molar-refractivity contribution >= 4 is 11.6 Å². The average molecular weight is 210 g/mol. The second-order valence-electron chi connectivity index (χ2n) is 2.75. The second-order valence-corrected chi connectivity index (χ2v) is 3.41. The molecule has 5 nitrogen and oxygen atoms in total. The third kappa shape index (κ3) is 1.72. The van der Waals surface area contributed by atoms with Crippen molar-refractivity contribution in [1.82, 2.24) is 25.1 Å². The number of halogens is 1. The second kappa shape index (κ2) is 3.71. The summed E-state index contributed by atoms with van der Waals surface area (Å²) in [5.74, 6) is 1.18. The third-order valence-corrected chi connectivity index (χ3v) is 1.90. The Kier molecular flexibility index (Phi) is 2.41. The zero-order valence-corrected chi connectivity index (χ0v) is 8.23. The molecule has 2 rings (SSSR count). The van der Waals surface area contributed by atoms with Crippen LogP contribution in [-0.2, 0) is 0 Å². The van der Waals surface area contributed by atoms with E-state index in [2.05, 4.69) is 25.1 Å². The Bertz CT molecular complexity index is 411. The zero-order chi connectivity index (χ0) is 9.97. The molecule has 14 heavy (non-hydrogen) atoms. The molecule has 0 radical (unpaired) electrons. The Labute approximate surface area is 85.6 Å². The van der Waals surface area contributed by atoms with Gasteiger partial charge in [-0.3, -0.25) is 5.10 Å². The highest BCUT2D eigenvalue weighted by Crippen LogP contribution is 2.17. The molecule has 0 saturated carbocycles. The van der Waals surface area contributed by atoms with Crippen LogP contribution in [0, 0.1) is 0 Å². The lowest BCUT2D eigenvalue weighted by molar-refractivity contribution is 0.918. The van der Waals surface area contributed by atoms with E-state index in [1.54, 1.807) is 12.3 Å². The van der Waals surface area contributed by atoms with Crippen molar-refractivity contribution in [2.75, 3.05) is 0 Å². The molecule has 1 N–H and O–H groups in total. The first-order chi connectivity index (χ1) is 6.77. The highest BCUT2D eigenvalue weighted by molar-refractivity contribution is 6.20. The molecule has 2 aromatic rings. The highest BCUT2D eigenvalue weighted by Gasteiger charge is 2.09. The van der Waals surface area contributed by atoms with E-state index in [1.165, 1.54) is 6.33 Å². The molecule has 0 bridgehead atoms. The van der Waals surface area contributed by atoms with Gasteiger partial charge in [0.25, 0.3) is 0 Å². The maximum atomic E-state index is 5.84. The molecule has 2 heterocycles. The number of nitrogens with zero attached hydrogens (tertiary/aromatic N) is 4. The van der Waals surface area contributed by atoms with Crippen LogP contribution in [0.4, 0.5) is 0 Å². The standard InChI is InChI=1S/C8H8ClN5/c1-5(9)7-12-8(14-13-7)6-2-3-10-4-11-6/h2-5H,1H3,(H,12,13,14). The summed E-state index contributed by atoms with van der Waals surface area (Å²) >= 11 is 5.84. The molecule has 0 aliphatic heterocycles. The molecule has 0 amide bonds. The quantitative estimate of drug-likeness (QED) is 0.763. The van der Waals surface area contributed by atoms with Crippen LogP contribution >= 0.6 is 11.6 Å². The number of aromatic nitrogens is 5. The van der Waals surface area contributed by atoms with Crippen molar-refractivity contribution < 1.29 is 0 Å². The molecule has 0 spiro atoms. The van der Waals surface area contributed by atoms with E-state index in [0.717, 1.165) is 0 Å². The summed E-state index contributed by atoms with van der Waals surface area (Å²) in [6.45, 7) is 1.83. The Balaban J connectivity index is 2.34. The topological polar surface area (TPSA) is 67.3 Å². The van der Waals surface area contributed by atoms with Gasteiger partial charge in [0, 0.05) is 6.20 Å². The van der Waals surface area contributed by atoms with Crippen molar-refractivity contribution in [3.05, 3.63) is 24.4 Å². The van der Waals surface area contributed by atoms with Gasteiger partial charge in [-0.05, 0) is 13.0 Å². The van der Waals surface area contributed by atoms with Crippen molar-refractivity contribution in [1.29, 1.82) is 0 Å². The lowest BCUT2D eigenvalue weighted by Crippen LogP contribution is -1.88. The minimum Gasteiger partial charge on any atom is -0.261 e. The SMILES string of the molecule is CC(Cl)c1nc(-c2ccncn2)n[nH]1. The average Bonchev–Trinajstić information content (AvgIpc) is 2.68. The molecule has 0 aliphatic rings. The third-order valence-electron chi connectivity index (χ3n) is 1.69. The molecule has 6 heteroatoms. The first-order valence-corrected chi connectivity index (χ1v) is 4.54. The zero-order valence-electron chi connectivity index (χ0n) is 7.48. The fourth-order valence-electron chi connectivity index (χ4n) is 0.990. The van der Waals surface area contributed by atoms with Gasteiger partial charge < -0.3 is 0 Å². The Morgan fingerprint density at radius 3 is 2.93 bits per heavy atom. The van der Waals surface area contributed by atoms with E-state index in [4.69, 9.17) is 11.6 Å². The monoisotopic (exact) mass is 209 g/mol. The van der Waals surface area contributed by atoms with Crippen LogP contribution in [-0.4, -0.2) is 25.1 Å². The summed E-state index contributed by atoms with van der Waals surface area (Å²) in [5.41, 5.74) is 0.680. The van der Waals surface area contributed by atoms with Gasteiger partial charge in [0.15, 0.2) is 5.82 Å². The molecule has 72 valence electrons. The minimum absolute atomic E-state index is 0.182. The van der Waals surface area contributed by atoms with Crippen LogP contribution < -0.4 is 0 Å². The van der Waals surface area contributed by atoms with Crippen LogP contribution in [0.3, 0.4) is 0 Å². The van der Waals surface area contributed by atoms with Gasteiger partial charge in [-0.25, -0.2) is 15.0 Å². The predicted octanol–water partition coefficient (Wildman–Crippen LogP) is 1.56. The number of rotatable bonds is 2. The van der Waals surface area contributed by atoms with Gasteiger partial charge in [-0.1, -0.05) is 0 Å². The van der Waals surface area contributed by atoms with Gasteiger partial charge in [-0.15, -0.1) is 11.6 Å². The number of alkyl halides is 1. The molecule has 0 aromatic carbocycles. The van der Waals surface area contributed by atoms with E-state index in [9.17, 15) is 0 Å². The van der Waals surface area contributed by atoms with E-state index in [0.29, 0.717) is 17.3 Å². The smallest absolute Gasteiger partial charge is 0.199 e. The molecule has 1 unspecified atom stereocenters. The number of nitrogens with one attached hydrogen (secondary N) is 1. The fourth-order valence-corrected chi connectivity index (χ4v) is 1.09. The molecule has 0 fully saturated rings. The molecule has 2 aromatic heterocycles. The van der Waals surface area contributed by atoms with Crippen molar-refractivity contribution in [3.8, 4) is 11.5 Å². The first kappa shape index (κ1) is 9.08. The van der Waals surface area contributed by atoms with Gasteiger partial charge in [-0.2, -0.15) is 5.10 Å². The lowest BCUT2D eigenvalue weighted by atomic mass is 10.4. The molecule has 1 atom stereocenters. The van der Waals surface area contributed by atoms with Gasteiger partial charge in [0.2, 0.25) is 0 Å². The van der Waals surface area contributed by atoms with Crippen molar-refractivity contribution in [2.45, 2.75) is 12.3 Å². The van der Waals surface area contributed by atoms with Gasteiger partial charge in [0.1, 0.15) is 17.8 Å².